The summed E-state index contributed by atoms with van der Waals surface area (Å²) in [7, 11) is 0. The highest BCUT2D eigenvalue weighted by Gasteiger charge is 2.12. The summed E-state index contributed by atoms with van der Waals surface area (Å²) in [6.45, 7) is 5.18. The van der Waals surface area contributed by atoms with Crippen LogP contribution in [0.15, 0.2) is 18.5 Å². The number of aliphatic hydroxyl groups is 2. The molecule has 1 unspecified atom stereocenters. The molecule has 1 aromatic heterocycles. The molecule has 3 nitrogen and oxygen atoms in total. The van der Waals surface area contributed by atoms with Crippen molar-refractivity contribution in [1.29, 1.82) is 0 Å². The summed E-state index contributed by atoms with van der Waals surface area (Å²) in [6, 6.07) is 1.96. The molecule has 0 fully saturated rings. The van der Waals surface area contributed by atoms with Gasteiger partial charge in [-0.2, -0.15) is 0 Å². The van der Waals surface area contributed by atoms with Gasteiger partial charge in [-0.1, -0.05) is 13.8 Å². The number of rotatable bonds is 6. The number of aromatic nitrogens is 1. The molecule has 0 radical (unpaired) electrons. The molecular formula is C12H21NO2. The minimum absolute atomic E-state index is 0.248. The van der Waals surface area contributed by atoms with E-state index in [-0.39, 0.29) is 18.6 Å². The predicted molar refractivity (Wildman–Crippen MR) is 60.5 cm³/mol. The van der Waals surface area contributed by atoms with E-state index in [1.54, 1.807) is 0 Å². The normalized spacial score (nSPS) is 13.4. The predicted octanol–water partition coefficient (Wildman–Crippen LogP) is 1.95. The van der Waals surface area contributed by atoms with Gasteiger partial charge in [0.25, 0.3) is 0 Å². The molecule has 3 heteroatoms. The largest absolute Gasteiger partial charge is 0.396 e. The Labute approximate surface area is 91.4 Å². The fourth-order valence-electron chi connectivity index (χ4n) is 1.56. The zero-order valence-electron chi connectivity index (χ0n) is 9.56. The van der Waals surface area contributed by atoms with Crippen molar-refractivity contribution in [3.05, 3.63) is 24.0 Å². The number of hydrogen-bond donors (Lipinski definition) is 2. The Morgan fingerprint density at radius 3 is 2.67 bits per heavy atom. The van der Waals surface area contributed by atoms with Crippen molar-refractivity contribution in [3.63, 3.8) is 0 Å². The van der Waals surface area contributed by atoms with E-state index in [1.807, 2.05) is 32.3 Å². The maximum absolute atomic E-state index is 9.83. The second-order valence-corrected chi connectivity index (χ2v) is 4.30. The fourth-order valence-corrected chi connectivity index (χ4v) is 1.56. The van der Waals surface area contributed by atoms with Gasteiger partial charge in [0.05, 0.1) is 6.10 Å². The van der Waals surface area contributed by atoms with Crippen molar-refractivity contribution >= 4 is 0 Å². The first-order chi connectivity index (χ1) is 7.15. The molecule has 0 aliphatic carbocycles. The highest BCUT2D eigenvalue weighted by Crippen LogP contribution is 2.21. The molecule has 1 aromatic rings. The van der Waals surface area contributed by atoms with Gasteiger partial charge >= 0.3 is 0 Å². The summed E-state index contributed by atoms with van der Waals surface area (Å²) in [5.74, 6) is 0.248. The van der Waals surface area contributed by atoms with Gasteiger partial charge in [-0.3, -0.25) is 0 Å². The van der Waals surface area contributed by atoms with E-state index in [9.17, 15) is 5.11 Å². The Kier molecular flexibility index (Phi) is 4.85. The number of unbranched alkanes of at least 4 members (excludes halogenated alkanes) is 1. The Bertz CT molecular complexity index is 281. The molecule has 0 aliphatic rings. The minimum atomic E-state index is -0.371. The van der Waals surface area contributed by atoms with Crippen LogP contribution in [0.3, 0.4) is 0 Å². The van der Waals surface area contributed by atoms with Gasteiger partial charge in [0, 0.05) is 25.5 Å². The maximum Gasteiger partial charge on any atom is 0.0827 e. The zero-order chi connectivity index (χ0) is 11.3. The van der Waals surface area contributed by atoms with Gasteiger partial charge in [-0.05, 0) is 30.4 Å². The van der Waals surface area contributed by atoms with Crippen LogP contribution >= 0.6 is 0 Å². The first-order valence-electron chi connectivity index (χ1n) is 5.59. The van der Waals surface area contributed by atoms with Crippen LogP contribution < -0.4 is 0 Å². The van der Waals surface area contributed by atoms with E-state index in [4.69, 9.17) is 5.11 Å². The third kappa shape index (κ3) is 3.68. The second kappa shape index (κ2) is 5.93. The summed E-state index contributed by atoms with van der Waals surface area (Å²) in [6.07, 6.45) is 5.41. The van der Waals surface area contributed by atoms with Crippen molar-refractivity contribution in [3.8, 4) is 0 Å². The monoisotopic (exact) mass is 211 g/mol. The SMILES string of the molecule is CC(C)C(O)c1ccn(CCCCO)c1. The van der Waals surface area contributed by atoms with E-state index >= 15 is 0 Å². The first-order valence-corrected chi connectivity index (χ1v) is 5.59. The third-order valence-electron chi connectivity index (χ3n) is 2.57. The third-order valence-corrected chi connectivity index (χ3v) is 2.57. The number of nitrogens with zero attached hydrogens (tertiary/aromatic N) is 1. The van der Waals surface area contributed by atoms with E-state index in [0.717, 1.165) is 24.9 Å². The van der Waals surface area contributed by atoms with Gasteiger partial charge in [0.1, 0.15) is 0 Å². The van der Waals surface area contributed by atoms with Gasteiger partial charge in [-0.15, -0.1) is 0 Å². The van der Waals surface area contributed by atoms with E-state index in [2.05, 4.69) is 4.57 Å². The van der Waals surface area contributed by atoms with E-state index < -0.39 is 0 Å². The van der Waals surface area contributed by atoms with E-state index in [0.29, 0.717) is 0 Å². The fraction of sp³-hybridized carbons (Fsp3) is 0.667. The van der Waals surface area contributed by atoms with E-state index in [1.165, 1.54) is 0 Å². The molecule has 0 aromatic carbocycles. The van der Waals surface area contributed by atoms with Crippen LogP contribution in [0.5, 0.6) is 0 Å². The molecule has 86 valence electrons. The van der Waals surface area contributed by atoms with Gasteiger partial charge in [0.15, 0.2) is 0 Å². The molecule has 0 spiro atoms. The molecule has 1 rings (SSSR count). The lowest BCUT2D eigenvalue weighted by atomic mass is 10.0. The quantitative estimate of drug-likeness (QED) is 0.706. The first kappa shape index (κ1) is 12.3. The Morgan fingerprint density at radius 2 is 2.07 bits per heavy atom. The van der Waals surface area contributed by atoms with Crippen molar-refractivity contribution < 1.29 is 10.2 Å². The molecule has 0 saturated carbocycles. The minimum Gasteiger partial charge on any atom is -0.396 e. The highest BCUT2D eigenvalue weighted by atomic mass is 16.3. The van der Waals surface area contributed by atoms with Crippen LogP contribution in [0.2, 0.25) is 0 Å². The molecular weight excluding hydrogens is 190 g/mol. The lowest BCUT2D eigenvalue weighted by Gasteiger charge is -2.12. The number of aryl methyl sites for hydroxylation is 1. The molecule has 0 bridgehead atoms. The number of hydrogen-bond acceptors (Lipinski definition) is 2. The van der Waals surface area contributed by atoms with Crippen molar-refractivity contribution in [1.82, 2.24) is 4.57 Å². The smallest absolute Gasteiger partial charge is 0.0827 e. The van der Waals surface area contributed by atoms with Crippen LogP contribution in [-0.2, 0) is 6.54 Å². The highest BCUT2D eigenvalue weighted by molar-refractivity contribution is 5.13. The standard InChI is InChI=1S/C12H21NO2/c1-10(2)12(15)11-5-7-13(9-11)6-3-4-8-14/h5,7,9-10,12,14-15H,3-4,6,8H2,1-2H3. The van der Waals surface area contributed by atoms with Gasteiger partial charge in [0.2, 0.25) is 0 Å². The Balaban J connectivity index is 2.48. The van der Waals surface area contributed by atoms with Gasteiger partial charge in [-0.25, -0.2) is 0 Å². The molecule has 1 atom stereocenters. The second-order valence-electron chi connectivity index (χ2n) is 4.30. The Hall–Kier alpha value is -0.800. The molecule has 1 heterocycles. The summed E-state index contributed by atoms with van der Waals surface area (Å²) in [5.41, 5.74) is 0.981. The lowest BCUT2D eigenvalue weighted by Crippen LogP contribution is -2.04. The van der Waals surface area contributed by atoms with Crippen LogP contribution in [0.25, 0.3) is 0 Å². The Morgan fingerprint density at radius 1 is 1.33 bits per heavy atom. The summed E-state index contributed by atoms with van der Waals surface area (Å²) < 4.78 is 2.07. The molecule has 2 N–H and O–H groups in total. The van der Waals surface area contributed by atoms with Gasteiger partial charge < -0.3 is 14.8 Å². The molecule has 0 aliphatic heterocycles. The van der Waals surface area contributed by atoms with Crippen LogP contribution in [0.1, 0.15) is 38.4 Å². The summed E-state index contributed by atoms with van der Waals surface area (Å²) >= 11 is 0. The zero-order valence-corrected chi connectivity index (χ0v) is 9.56. The van der Waals surface area contributed by atoms with Crippen molar-refractivity contribution in [2.75, 3.05) is 6.61 Å². The van der Waals surface area contributed by atoms with Crippen LogP contribution in [0, 0.1) is 5.92 Å². The summed E-state index contributed by atoms with van der Waals surface area (Å²) in [4.78, 5) is 0. The number of aliphatic hydroxyl groups excluding tert-OH is 2. The average molecular weight is 211 g/mol. The maximum atomic E-state index is 9.83. The van der Waals surface area contributed by atoms with Crippen molar-refractivity contribution in [2.24, 2.45) is 5.92 Å². The van der Waals surface area contributed by atoms with Crippen LogP contribution in [-0.4, -0.2) is 21.4 Å². The average Bonchev–Trinajstić information content (AvgIpc) is 2.65. The molecule has 0 saturated heterocycles. The lowest BCUT2D eigenvalue weighted by molar-refractivity contribution is 0.127. The topological polar surface area (TPSA) is 45.4 Å². The van der Waals surface area contributed by atoms with Crippen LogP contribution in [0.4, 0.5) is 0 Å². The molecule has 15 heavy (non-hydrogen) atoms. The van der Waals surface area contributed by atoms with Crippen molar-refractivity contribution in [2.45, 2.75) is 39.3 Å². The summed E-state index contributed by atoms with van der Waals surface area (Å²) in [5, 5.41) is 18.5. The molecule has 0 amide bonds.